The first-order valence-electron chi connectivity index (χ1n) is 8.37. The third kappa shape index (κ3) is 3.42. The van der Waals surface area contributed by atoms with Crippen LogP contribution in [0.4, 0.5) is 0 Å². The fourth-order valence-corrected chi connectivity index (χ4v) is 3.48. The molecular formula is C18H30N2. The van der Waals surface area contributed by atoms with Crippen LogP contribution in [-0.4, -0.2) is 30.6 Å². The summed E-state index contributed by atoms with van der Waals surface area (Å²) in [4.78, 5) is 2.70. The molecule has 2 heteroatoms. The molecule has 0 radical (unpaired) electrons. The minimum Gasteiger partial charge on any atom is -0.309 e. The van der Waals surface area contributed by atoms with Crippen molar-refractivity contribution in [1.29, 1.82) is 0 Å². The molecule has 0 spiro atoms. The van der Waals surface area contributed by atoms with Gasteiger partial charge in [-0.05, 0) is 56.4 Å². The summed E-state index contributed by atoms with van der Waals surface area (Å²) >= 11 is 0. The first-order chi connectivity index (χ1) is 9.81. The molecule has 1 aromatic rings. The van der Waals surface area contributed by atoms with Crippen LogP contribution in [0.2, 0.25) is 0 Å². The van der Waals surface area contributed by atoms with Gasteiger partial charge in [0.1, 0.15) is 0 Å². The van der Waals surface area contributed by atoms with E-state index in [2.05, 4.69) is 55.3 Å². The Morgan fingerprint density at radius 1 is 1.05 bits per heavy atom. The largest absolute Gasteiger partial charge is 0.309 e. The van der Waals surface area contributed by atoms with Crippen LogP contribution in [0.3, 0.4) is 0 Å². The predicted octanol–water partition coefficient (Wildman–Crippen LogP) is 3.77. The smallest absolute Gasteiger partial charge is 0.0484 e. The van der Waals surface area contributed by atoms with Crippen LogP contribution >= 0.6 is 0 Å². The Hall–Kier alpha value is -0.860. The van der Waals surface area contributed by atoms with Gasteiger partial charge in [0.25, 0.3) is 0 Å². The van der Waals surface area contributed by atoms with Gasteiger partial charge in [0.05, 0.1) is 0 Å². The average molecular weight is 274 g/mol. The molecule has 0 bridgehead atoms. The van der Waals surface area contributed by atoms with Gasteiger partial charge in [-0.3, -0.25) is 4.90 Å². The molecule has 2 atom stereocenters. The van der Waals surface area contributed by atoms with Crippen LogP contribution in [0.5, 0.6) is 0 Å². The van der Waals surface area contributed by atoms with Crippen molar-refractivity contribution in [3.63, 3.8) is 0 Å². The van der Waals surface area contributed by atoms with Gasteiger partial charge < -0.3 is 5.32 Å². The lowest BCUT2D eigenvalue weighted by Crippen LogP contribution is -2.44. The molecule has 0 saturated carbocycles. The molecule has 2 nitrogen and oxygen atoms in total. The van der Waals surface area contributed by atoms with Gasteiger partial charge in [-0.25, -0.2) is 0 Å². The third-order valence-corrected chi connectivity index (χ3v) is 4.31. The van der Waals surface area contributed by atoms with Crippen molar-refractivity contribution in [2.24, 2.45) is 0 Å². The van der Waals surface area contributed by atoms with Crippen molar-refractivity contribution in [3.8, 4) is 0 Å². The van der Waals surface area contributed by atoms with Gasteiger partial charge in [-0.1, -0.05) is 45.0 Å². The zero-order valence-electron chi connectivity index (χ0n) is 13.4. The summed E-state index contributed by atoms with van der Waals surface area (Å²) in [5.74, 6) is 0. The van der Waals surface area contributed by atoms with E-state index in [1.54, 1.807) is 5.56 Å². The highest BCUT2D eigenvalue weighted by Gasteiger charge is 2.34. The molecule has 2 rings (SSSR count). The van der Waals surface area contributed by atoms with Crippen LogP contribution in [0, 0.1) is 0 Å². The van der Waals surface area contributed by atoms with Crippen LogP contribution < -0.4 is 5.32 Å². The number of hydrogen-bond donors (Lipinski definition) is 1. The van der Waals surface area contributed by atoms with Crippen LogP contribution in [0.1, 0.15) is 57.2 Å². The number of rotatable bonds is 8. The van der Waals surface area contributed by atoms with Crippen molar-refractivity contribution in [3.05, 3.63) is 35.4 Å². The van der Waals surface area contributed by atoms with Crippen molar-refractivity contribution < 1.29 is 0 Å². The summed E-state index contributed by atoms with van der Waals surface area (Å²) in [5.41, 5.74) is 3.08. The summed E-state index contributed by atoms with van der Waals surface area (Å²) in [6.45, 7) is 10.4. The maximum absolute atomic E-state index is 3.79. The fourth-order valence-electron chi connectivity index (χ4n) is 3.48. The number of nitrogens with zero attached hydrogens (tertiary/aromatic N) is 1. The quantitative estimate of drug-likeness (QED) is 0.776. The Balaban J connectivity index is 2.18. The van der Waals surface area contributed by atoms with Gasteiger partial charge in [-0.2, -0.15) is 0 Å². The summed E-state index contributed by atoms with van der Waals surface area (Å²) in [7, 11) is 0. The van der Waals surface area contributed by atoms with Crippen molar-refractivity contribution >= 4 is 0 Å². The third-order valence-electron chi connectivity index (χ3n) is 4.31. The van der Waals surface area contributed by atoms with E-state index in [0.29, 0.717) is 12.1 Å². The van der Waals surface area contributed by atoms with Gasteiger partial charge in [0.2, 0.25) is 0 Å². The summed E-state index contributed by atoms with van der Waals surface area (Å²) in [6.07, 6.45) is 4.89. The van der Waals surface area contributed by atoms with E-state index in [9.17, 15) is 0 Å². The molecule has 0 aliphatic heterocycles. The van der Waals surface area contributed by atoms with Crippen molar-refractivity contribution in [1.82, 2.24) is 10.2 Å². The SMILES string of the molecule is CCCNC1c2ccccc2CC1N(CCC)CCC. The minimum atomic E-state index is 0.518. The molecule has 0 aromatic heterocycles. The Bertz CT molecular complexity index is 396. The number of benzene rings is 1. The van der Waals surface area contributed by atoms with Crippen molar-refractivity contribution in [2.75, 3.05) is 19.6 Å². The molecule has 0 fully saturated rings. The van der Waals surface area contributed by atoms with E-state index in [0.717, 1.165) is 6.54 Å². The molecule has 112 valence electrons. The van der Waals surface area contributed by atoms with Gasteiger partial charge >= 0.3 is 0 Å². The molecule has 0 heterocycles. The maximum Gasteiger partial charge on any atom is 0.0484 e. The molecule has 1 aliphatic rings. The lowest BCUT2D eigenvalue weighted by molar-refractivity contribution is 0.166. The summed E-state index contributed by atoms with van der Waals surface area (Å²) in [6, 6.07) is 10.2. The lowest BCUT2D eigenvalue weighted by atomic mass is 10.1. The van der Waals surface area contributed by atoms with Gasteiger partial charge in [0.15, 0.2) is 0 Å². The Labute approximate surface area is 124 Å². The van der Waals surface area contributed by atoms with Gasteiger partial charge in [-0.15, -0.1) is 0 Å². The van der Waals surface area contributed by atoms with Crippen molar-refractivity contribution in [2.45, 2.75) is 58.5 Å². The second-order valence-electron chi connectivity index (χ2n) is 5.94. The van der Waals surface area contributed by atoms with E-state index in [-0.39, 0.29) is 0 Å². The predicted molar refractivity (Wildman–Crippen MR) is 87.1 cm³/mol. The lowest BCUT2D eigenvalue weighted by Gasteiger charge is -2.33. The second kappa shape index (κ2) is 7.80. The van der Waals surface area contributed by atoms with E-state index in [4.69, 9.17) is 0 Å². The Morgan fingerprint density at radius 3 is 2.40 bits per heavy atom. The molecule has 20 heavy (non-hydrogen) atoms. The average Bonchev–Trinajstić information content (AvgIpc) is 2.83. The second-order valence-corrected chi connectivity index (χ2v) is 5.94. The highest BCUT2D eigenvalue weighted by atomic mass is 15.2. The Morgan fingerprint density at radius 2 is 1.75 bits per heavy atom. The monoisotopic (exact) mass is 274 g/mol. The first-order valence-corrected chi connectivity index (χ1v) is 8.37. The molecular weight excluding hydrogens is 244 g/mol. The van der Waals surface area contributed by atoms with Crippen LogP contribution in [0.15, 0.2) is 24.3 Å². The van der Waals surface area contributed by atoms with E-state index < -0.39 is 0 Å². The topological polar surface area (TPSA) is 15.3 Å². The van der Waals surface area contributed by atoms with E-state index in [1.165, 1.54) is 44.3 Å². The molecule has 1 aliphatic carbocycles. The molecule has 1 aromatic carbocycles. The first kappa shape index (κ1) is 15.5. The summed E-state index contributed by atoms with van der Waals surface area (Å²) in [5, 5.41) is 3.79. The molecule has 0 saturated heterocycles. The van der Waals surface area contributed by atoms with E-state index in [1.807, 2.05) is 0 Å². The highest BCUT2D eigenvalue weighted by molar-refractivity contribution is 5.37. The summed E-state index contributed by atoms with van der Waals surface area (Å²) < 4.78 is 0. The zero-order chi connectivity index (χ0) is 14.4. The standard InChI is InChI=1S/C18H30N2/c1-4-11-19-18-16-10-8-7-9-15(16)14-17(18)20(12-5-2)13-6-3/h7-10,17-19H,4-6,11-14H2,1-3H3. The minimum absolute atomic E-state index is 0.518. The molecule has 2 unspecified atom stereocenters. The number of hydrogen-bond acceptors (Lipinski definition) is 2. The van der Waals surface area contributed by atoms with Crippen LogP contribution in [-0.2, 0) is 6.42 Å². The Kier molecular flexibility index (Phi) is 6.06. The molecule has 1 N–H and O–H groups in total. The number of nitrogens with one attached hydrogen (secondary N) is 1. The van der Waals surface area contributed by atoms with Crippen LogP contribution in [0.25, 0.3) is 0 Å². The maximum atomic E-state index is 3.79. The molecule has 0 amide bonds. The van der Waals surface area contributed by atoms with E-state index >= 15 is 0 Å². The normalized spacial score (nSPS) is 21.4. The zero-order valence-corrected chi connectivity index (χ0v) is 13.4. The highest BCUT2D eigenvalue weighted by Crippen LogP contribution is 2.34. The fraction of sp³-hybridized carbons (Fsp3) is 0.667. The van der Waals surface area contributed by atoms with Gasteiger partial charge in [0, 0.05) is 12.1 Å². The number of fused-ring (bicyclic) bond motifs is 1.